The van der Waals surface area contributed by atoms with E-state index in [9.17, 15) is 12.8 Å². The average molecular weight is 252 g/mol. The Morgan fingerprint density at radius 3 is 2.94 bits per heavy atom. The summed E-state index contributed by atoms with van der Waals surface area (Å²) in [6.07, 6.45) is 7.12. The summed E-state index contributed by atoms with van der Waals surface area (Å²) in [5.74, 6) is -1.37. The molecule has 3 N–H and O–H groups in total. The van der Waals surface area contributed by atoms with Crippen LogP contribution in [0.5, 0.6) is 0 Å². The number of rotatable bonds is 4. The van der Waals surface area contributed by atoms with Crippen molar-refractivity contribution in [2.24, 2.45) is 5.73 Å². The molecule has 1 heterocycles. The van der Waals surface area contributed by atoms with Gasteiger partial charge >= 0.3 is 18.9 Å². The van der Waals surface area contributed by atoms with Crippen LogP contribution in [0.1, 0.15) is 0 Å². The molecule has 1 aliphatic rings. The molecule has 0 spiro atoms. The Morgan fingerprint density at radius 1 is 1.59 bits per heavy atom. The topological polar surface area (TPSA) is 74.1 Å². The Kier molecular flexibility index (Phi) is 7.31. The Hall–Kier alpha value is -0.673. The van der Waals surface area contributed by atoms with E-state index in [1.54, 1.807) is 6.08 Å². The van der Waals surface area contributed by atoms with Crippen LogP contribution in [0.3, 0.4) is 0 Å². The van der Waals surface area contributed by atoms with Crippen LogP contribution >= 0.6 is 0 Å². The van der Waals surface area contributed by atoms with Crippen molar-refractivity contribution in [2.75, 3.05) is 18.8 Å². The van der Waals surface area contributed by atoms with Crippen molar-refractivity contribution in [1.29, 1.82) is 0 Å². The fraction of sp³-hybridized carbons (Fsp3) is 0.300. The molecule has 0 unspecified atom stereocenters. The maximum absolute atomic E-state index is 13.1. The van der Waals surface area contributed by atoms with Crippen LogP contribution in [0.15, 0.2) is 35.0 Å². The molecule has 0 saturated carbocycles. The number of nitrogens with two attached hydrogens (primary N) is 1. The molecule has 0 aromatic rings. The van der Waals surface area contributed by atoms with Gasteiger partial charge in [-0.15, -0.1) is 0 Å². The first-order valence-electron chi connectivity index (χ1n) is 4.77. The van der Waals surface area contributed by atoms with Gasteiger partial charge in [0.15, 0.2) is 22.6 Å². The third-order valence-electron chi connectivity index (χ3n) is 1.91. The SMILES string of the molecule is NC/C=C(\F)CS(=O)(=O)C1=CC=[NH+]CC=C1.[Li+]. The second-order valence-corrected chi connectivity index (χ2v) is 5.18. The summed E-state index contributed by atoms with van der Waals surface area (Å²) in [6, 6.07) is 0. The Morgan fingerprint density at radius 2 is 2.29 bits per heavy atom. The zero-order valence-corrected chi connectivity index (χ0v) is 10.5. The largest absolute Gasteiger partial charge is 1.00 e. The maximum Gasteiger partial charge on any atom is 1.00 e. The first-order chi connectivity index (χ1) is 7.56. The van der Waals surface area contributed by atoms with Crippen molar-refractivity contribution in [3.8, 4) is 0 Å². The minimum atomic E-state index is -3.62. The normalized spacial score (nSPS) is 16.1. The summed E-state index contributed by atoms with van der Waals surface area (Å²) in [5, 5.41) is 0. The number of hydrogen-bond donors (Lipinski definition) is 2. The number of nitrogens with one attached hydrogen (secondary N) is 1. The van der Waals surface area contributed by atoms with Crippen LogP contribution < -0.4 is 29.6 Å². The van der Waals surface area contributed by atoms with Crippen molar-refractivity contribution >= 4 is 16.1 Å². The third-order valence-corrected chi connectivity index (χ3v) is 3.56. The zero-order chi connectivity index (χ0) is 12.0. The molecule has 0 radical (unpaired) electrons. The monoisotopic (exact) mass is 252 g/mol. The smallest absolute Gasteiger partial charge is 0.327 e. The number of halogens is 1. The molecule has 4 nitrogen and oxygen atoms in total. The summed E-state index contributed by atoms with van der Waals surface area (Å²) in [5.41, 5.74) is 5.10. The summed E-state index contributed by atoms with van der Waals surface area (Å²) in [6.45, 7) is 0.542. The molecule has 0 aromatic carbocycles. The molecular weight excluding hydrogens is 238 g/mol. The van der Waals surface area contributed by atoms with E-state index in [0.717, 1.165) is 6.08 Å². The van der Waals surface area contributed by atoms with Gasteiger partial charge in [-0.3, -0.25) is 0 Å². The Labute approximate surface area is 112 Å². The van der Waals surface area contributed by atoms with Crippen LogP contribution in [0.25, 0.3) is 0 Å². The van der Waals surface area contributed by atoms with Gasteiger partial charge in [-0.05, 0) is 18.2 Å². The maximum atomic E-state index is 13.1. The minimum Gasteiger partial charge on any atom is -0.327 e. The molecule has 88 valence electrons. The standard InChI is InChI=1S/C10H13FN2O2S.Li/c11-9(3-5-12)8-16(14,15)10-2-1-6-13-7-4-10;/h1-4,7H,5-6,8,12H2;/q;+1/p+1/b9-3-;. The van der Waals surface area contributed by atoms with Crippen molar-refractivity contribution in [1.82, 2.24) is 0 Å². The first kappa shape index (κ1) is 16.3. The summed E-state index contributed by atoms with van der Waals surface area (Å²) in [7, 11) is -3.62. The predicted molar refractivity (Wildman–Crippen MR) is 61.1 cm³/mol. The van der Waals surface area contributed by atoms with Gasteiger partial charge < -0.3 is 5.73 Å². The zero-order valence-electron chi connectivity index (χ0n) is 9.69. The van der Waals surface area contributed by atoms with Crippen molar-refractivity contribution in [2.45, 2.75) is 0 Å². The first-order valence-corrected chi connectivity index (χ1v) is 6.42. The predicted octanol–water partition coefficient (Wildman–Crippen LogP) is -4.18. The van der Waals surface area contributed by atoms with E-state index in [1.807, 2.05) is 0 Å². The summed E-state index contributed by atoms with van der Waals surface area (Å²) < 4.78 is 36.5. The molecule has 0 atom stereocenters. The number of hydrogen-bond acceptors (Lipinski definition) is 3. The molecule has 0 fully saturated rings. The summed E-state index contributed by atoms with van der Waals surface area (Å²) >= 11 is 0. The number of allylic oxidation sites excluding steroid dienone is 2. The van der Waals surface area contributed by atoms with Gasteiger partial charge in [0, 0.05) is 12.6 Å². The van der Waals surface area contributed by atoms with Gasteiger partial charge in [0.05, 0.1) is 4.91 Å². The van der Waals surface area contributed by atoms with E-state index in [2.05, 4.69) is 4.99 Å². The molecular formula is C10H14FLiN2O2S+2. The van der Waals surface area contributed by atoms with E-state index >= 15 is 0 Å². The summed E-state index contributed by atoms with van der Waals surface area (Å²) in [4.78, 5) is 2.94. The van der Waals surface area contributed by atoms with Crippen LogP contribution in [0.2, 0.25) is 0 Å². The van der Waals surface area contributed by atoms with Crippen molar-refractivity contribution in [3.63, 3.8) is 0 Å². The fourth-order valence-corrected chi connectivity index (χ4v) is 2.39. The van der Waals surface area contributed by atoms with E-state index in [1.165, 1.54) is 18.4 Å². The quantitative estimate of drug-likeness (QED) is 0.499. The van der Waals surface area contributed by atoms with E-state index in [4.69, 9.17) is 5.73 Å². The van der Waals surface area contributed by atoms with E-state index < -0.39 is 21.4 Å². The second-order valence-electron chi connectivity index (χ2n) is 3.19. The van der Waals surface area contributed by atoms with Gasteiger partial charge in [-0.2, -0.15) is 0 Å². The van der Waals surface area contributed by atoms with Gasteiger partial charge in [-0.25, -0.2) is 17.8 Å². The van der Waals surface area contributed by atoms with Crippen LogP contribution in [0, 0.1) is 0 Å². The van der Waals surface area contributed by atoms with Crippen LogP contribution in [-0.2, 0) is 9.84 Å². The molecule has 7 heteroatoms. The van der Waals surface area contributed by atoms with Crippen LogP contribution in [-0.4, -0.2) is 33.5 Å². The van der Waals surface area contributed by atoms with Gasteiger partial charge in [0.1, 0.15) is 11.6 Å². The van der Waals surface area contributed by atoms with E-state index in [-0.39, 0.29) is 30.3 Å². The molecule has 1 aliphatic heterocycles. The Bertz CT molecular complexity index is 467. The van der Waals surface area contributed by atoms with Gasteiger partial charge in [0.25, 0.3) is 0 Å². The molecule has 1 rings (SSSR count). The molecule has 0 amide bonds. The molecule has 0 bridgehead atoms. The molecule has 17 heavy (non-hydrogen) atoms. The Balaban J connectivity index is 0.00000256. The van der Waals surface area contributed by atoms with Crippen molar-refractivity contribution < 1.29 is 36.7 Å². The third kappa shape index (κ3) is 5.46. The van der Waals surface area contributed by atoms with Gasteiger partial charge in [-0.1, -0.05) is 0 Å². The van der Waals surface area contributed by atoms with Crippen molar-refractivity contribution in [3.05, 3.63) is 35.0 Å². The molecule has 0 aliphatic carbocycles. The molecule has 0 aromatic heterocycles. The van der Waals surface area contributed by atoms with E-state index in [0.29, 0.717) is 6.54 Å². The average Bonchev–Trinajstić information content (AvgIpc) is 2.45. The van der Waals surface area contributed by atoms with Gasteiger partial charge in [0.2, 0.25) is 0 Å². The molecule has 0 saturated heterocycles. The second kappa shape index (κ2) is 7.61. The fourth-order valence-electron chi connectivity index (χ4n) is 1.17. The number of sulfone groups is 1. The van der Waals surface area contributed by atoms with Crippen LogP contribution in [0.4, 0.5) is 4.39 Å². The minimum absolute atomic E-state index is 0.